The van der Waals surface area contributed by atoms with Gasteiger partial charge >= 0.3 is 0 Å². The summed E-state index contributed by atoms with van der Waals surface area (Å²) in [5, 5.41) is 0. The Bertz CT molecular complexity index is 601. The third-order valence-electron chi connectivity index (χ3n) is 4.74. The molecule has 2 aromatic rings. The number of piperidine rings is 1. The molecule has 2 unspecified atom stereocenters. The summed E-state index contributed by atoms with van der Waals surface area (Å²) in [7, 11) is 0. The van der Waals surface area contributed by atoms with Gasteiger partial charge in [-0.2, -0.15) is 0 Å². The predicted octanol–water partition coefficient (Wildman–Crippen LogP) is 3.88. The van der Waals surface area contributed by atoms with Gasteiger partial charge in [0.05, 0.1) is 0 Å². The van der Waals surface area contributed by atoms with Crippen LogP contribution in [0.5, 0.6) is 0 Å². The molecule has 0 radical (unpaired) electrons. The van der Waals surface area contributed by atoms with Gasteiger partial charge in [0, 0.05) is 30.7 Å². The van der Waals surface area contributed by atoms with Gasteiger partial charge in [-0.15, -0.1) is 0 Å². The van der Waals surface area contributed by atoms with Crippen molar-refractivity contribution >= 4 is 5.69 Å². The van der Waals surface area contributed by atoms with Crippen LogP contribution in [-0.2, 0) is 6.42 Å². The molecule has 0 amide bonds. The molecule has 1 heterocycles. The third-order valence-corrected chi connectivity index (χ3v) is 4.74. The average Bonchev–Trinajstić information content (AvgIpc) is 2.55. The van der Waals surface area contributed by atoms with Crippen LogP contribution in [-0.4, -0.2) is 19.1 Å². The molecule has 0 saturated carbocycles. The maximum atomic E-state index is 6.33. The summed E-state index contributed by atoms with van der Waals surface area (Å²) in [6, 6.07) is 18.1. The van der Waals surface area contributed by atoms with Crippen LogP contribution in [0.2, 0.25) is 0 Å². The summed E-state index contributed by atoms with van der Waals surface area (Å²) in [4.78, 5) is 2.44. The van der Waals surface area contributed by atoms with Gasteiger partial charge in [-0.25, -0.2) is 0 Å². The second-order valence-electron chi connectivity index (χ2n) is 6.53. The lowest BCUT2D eigenvalue weighted by atomic mass is 9.87. The monoisotopic (exact) mass is 294 g/mol. The minimum atomic E-state index is 0.242. The van der Waals surface area contributed by atoms with Crippen LogP contribution >= 0.6 is 0 Å². The zero-order valence-corrected chi connectivity index (χ0v) is 13.6. The lowest BCUT2D eigenvalue weighted by Crippen LogP contribution is -2.46. The maximum Gasteiger partial charge on any atom is 0.0367 e. The highest BCUT2D eigenvalue weighted by Crippen LogP contribution is 2.30. The second kappa shape index (κ2) is 6.53. The predicted molar refractivity (Wildman–Crippen MR) is 94.5 cm³/mol. The number of anilines is 1. The molecular weight excluding hydrogens is 268 g/mol. The first-order valence-corrected chi connectivity index (χ1v) is 8.31. The molecule has 116 valence electrons. The van der Waals surface area contributed by atoms with E-state index in [4.69, 9.17) is 5.73 Å². The second-order valence-corrected chi connectivity index (χ2v) is 6.53. The number of nitrogens with two attached hydrogens (primary N) is 1. The van der Waals surface area contributed by atoms with Gasteiger partial charge < -0.3 is 10.6 Å². The quantitative estimate of drug-likeness (QED) is 0.931. The number of nitrogens with zero attached hydrogens (tertiary/aromatic N) is 1. The van der Waals surface area contributed by atoms with Gasteiger partial charge in [-0.3, -0.25) is 0 Å². The van der Waals surface area contributed by atoms with Crippen molar-refractivity contribution < 1.29 is 0 Å². The van der Waals surface area contributed by atoms with Crippen LogP contribution in [0.15, 0.2) is 48.5 Å². The minimum Gasteiger partial charge on any atom is -0.369 e. The van der Waals surface area contributed by atoms with Crippen molar-refractivity contribution in [1.29, 1.82) is 0 Å². The highest BCUT2D eigenvalue weighted by molar-refractivity contribution is 5.49. The summed E-state index contributed by atoms with van der Waals surface area (Å²) in [5.41, 5.74) is 11.7. The SMILES string of the molecule is CCc1ccc(C2CC(N)CN(c3ccc(C)cc3)C2)cc1. The topological polar surface area (TPSA) is 29.3 Å². The van der Waals surface area contributed by atoms with Crippen molar-refractivity contribution in [2.75, 3.05) is 18.0 Å². The smallest absolute Gasteiger partial charge is 0.0367 e. The number of rotatable bonds is 3. The fourth-order valence-corrected chi connectivity index (χ4v) is 3.37. The van der Waals surface area contributed by atoms with Crippen molar-refractivity contribution in [2.45, 2.75) is 38.6 Å². The molecule has 2 heteroatoms. The van der Waals surface area contributed by atoms with Gasteiger partial charge in [0.2, 0.25) is 0 Å². The lowest BCUT2D eigenvalue weighted by molar-refractivity contribution is 0.454. The summed E-state index contributed by atoms with van der Waals surface area (Å²) in [6.45, 7) is 6.34. The molecule has 1 saturated heterocycles. The first-order chi connectivity index (χ1) is 10.7. The molecule has 0 bridgehead atoms. The Balaban J connectivity index is 1.79. The van der Waals surface area contributed by atoms with Gasteiger partial charge in [-0.1, -0.05) is 48.9 Å². The zero-order valence-electron chi connectivity index (χ0n) is 13.6. The number of hydrogen-bond donors (Lipinski definition) is 1. The highest BCUT2D eigenvalue weighted by Gasteiger charge is 2.26. The molecule has 1 aliphatic heterocycles. The maximum absolute atomic E-state index is 6.33. The largest absolute Gasteiger partial charge is 0.369 e. The van der Waals surface area contributed by atoms with E-state index in [1.807, 2.05) is 0 Å². The number of hydrogen-bond acceptors (Lipinski definition) is 2. The highest BCUT2D eigenvalue weighted by atomic mass is 15.2. The van der Waals surface area contributed by atoms with Crippen LogP contribution < -0.4 is 10.6 Å². The van der Waals surface area contributed by atoms with Crippen LogP contribution in [0.1, 0.15) is 36.0 Å². The molecule has 2 N–H and O–H groups in total. The first-order valence-electron chi connectivity index (χ1n) is 8.31. The van der Waals surface area contributed by atoms with Gasteiger partial charge in [0.15, 0.2) is 0 Å². The molecular formula is C20H26N2. The average molecular weight is 294 g/mol. The molecule has 3 rings (SSSR count). The van der Waals surface area contributed by atoms with Crippen LogP contribution in [0.4, 0.5) is 5.69 Å². The van der Waals surface area contributed by atoms with Crippen molar-refractivity contribution in [3.8, 4) is 0 Å². The Morgan fingerprint density at radius 3 is 2.32 bits per heavy atom. The normalized spacial score (nSPS) is 21.9. The van der Waals surface area contributed by atoms with Crippen LogP contribution in [0.3, 0.4) is 0 Å². The first kappa shape index (κ1) is 15.1. The number of benzene rings is 2. The standard InChI is InChI=1S/C20H26N2/c1-3-16-6-8-17(9-7-16)18-12-19(21)14-22(13-18)20-10-4-15(2)5-11-20/h4-11,18-19H,3,12-14,21H2,1-2H3. The molecule has 1 aliphatic rings. The Kier molecular flexibility index (Phi) is 4.49. The van der Waals surface area contributed by atoms with E-state index >= 15 is 0 Å². The van der Waals surface area contributed by atoms with E-state index in [2.05, 4.69) is 67.3 Å². The summed E-state index contributed by atoms with van der Waals surface area (Å²) >= 11 is 0. The molecule has 2 atom stereocenters. The molecule has 0 aromatic heterocycles. The Labute approximate surface area is 134 Å². The van der Waals surface area contributed by atoms with E-state index in [1.165, 1.54) is 22.4 Å². The van der Waals surface area contributed by atoms with Gasteiger partial charge in [-0.05, 0) is 43.0 Å². The lowest BCUT2D eigenvalue weighted by Gasteiger charge is -2.38. The molecule has 1 fully saturated rings. The molecule has 0 spiro atoms. The zero-order chi connectivity index (χ0) is 15.5. The van der Waals surface area contributed by atoms with E-state index in [0.717, 1.165) is 25.9 Å². The molecule has 2 aromatic carbocycles. The van der Waals surface area contributed by atoms with Gasteiger partial charge in [0.1, 0.15) is 0 Å². The Morgan fingerprint density at radius 2 is 1.68 bits per heavy atom. The fourth-order valence-electron chi connectivity index (χ4n) is 3.37. The van der Waals surface area contributed by atoms with E-state index in [9.17, 15) is 0 Å². The van der Waals surface area contributed by atoms with Gasteiger partial charge in [0.25, 0.3) is 0 Å². The van der Waals surface area contributed by atoms with Crippen molar-refractivity contribution in [1.82, 2.24) is 0 Å². The van der Waals surface area contributed by atoms with E-state index in [1.54, 1.807) is 0 Å². The van der Waals surface area contributed by atoms with Crippen LogP contribution in [0.25, 0.3) is 0 Å². The van der Waals surface area contributed by atoms with Crippen molar-refractivity contribution in [2.24, 2.45) is 5.73 Å². The third kappa shape index (κ3) is 3.33. The molecule has 2 nitrogen and oxygen atoms in total. The Hall–Kier alpha value is -1.80. The van der Waals surface area contributed by atoms with Crippen molar-refractivity contribution in [3.63, 3.8) is 0 Å². The summed E-state index contributed by atoms with van der Waals surface area (Å²) in [5.74, 6) is 0.524. The van der Waals surface area contributed by atoms with Crippen molar-refractivity contribution in [3.05, 3.63) is 65.2 Å². The number of aryl methyl sites for hydroxylation is 2. The fraction of sp³-hybridized carbons (Fsp3) is 0.400. The van der Waals surface area contributed by atoms with E-state index < -0.39 is 0 Å². The summed E-state index contributed by atoms with van der Waals surface area (Å²) in [6.07, 6.45) is 2.17. The van der Waals surface area contributed by atoms with E-state index in [0.29, 0.717) is 5.92 Å². The minimum absolute atomic E-state index is 0.242. The summed E-state index contributed by atoms with van der Waals surface area (Å²) < 4.78 is 0. The molecule has 0 aliphatic carbocycles. The van der Waals surface area contributed by atoms with Crippen LogP contribution in [0, 0.1) is 6.92 Å². The Morgan fingerprint density at radius 1 is 1.00 bits per heavy atom. The molecule has 22 heavy (non-hydrogen) atoms. The van der Waals surface area contributed by atoms with E-state index in [-0.39, 0.29) is 6.04 Å².